The quantitative estimate of drug-likeness (QED) is 0.662. The van der Waals surface area contributed by atoms with Crippen LogP contribution in [0.2, 0.25) is 5.02 Å². The third kappa shape index (κ3) is 4.36. The second kappa shape index (κ2) is 8.17. The first kappa shape index (κ1) is 19.3. The van der Waals surface area contributed by atoms with Crippen molar-refractivity contribution in [3.8, 4) is 10.6 Å². The third-order valence-corrected chi connectivity index (χ3v) is 6.44. The van der Waals surface area contributed by atoms with E-state index >= 15 is 0 Å². The monoisotopic (exact) mass is 414 g/mol. The van der Waals surface area contributed by atoms with E-state index in [0.717, 1.165) is 35.2 Å². The van der Waals surface area contributed by atoms with Gasteiger partial charge in [0.2, 0.25) is 5.13 Å². The summed E-state index contributed by atoms with van der Waals surface area (Å²) in [6.07, 6.45) is 0.750. The fraction of sp³-hybridized carbons (Fsp3) is 0.333. The molecule has 2 aromatic carbocycles. The van der Waals surface area contributed by atoms with Gasteiger partial charge in [-0.2, -0.15) is 0 Å². The number of hydrogen-bond donors (Lipinski definition) is 1. The number of benzene rings is 2. The molecule has 0 spiro atoms. The summed E-state index contributed by atoms with van der Waals surface area (Å²) >= 11 is 7.76. The Labute approximate surface area is 174 Å². The number of anilines is 1. The van der Waals surface area contributed by atoms with Gasteiger partial charge in [-0.25, -0.2) is 0 Å². The number of rotatable bonds is 6. The van der Waals surface area contributed by atoms with Crippen molar-refractivity contribution in [3.05, 3.63) is 65.2 Å². The Morgan fingerprint density at radius 2 is 1.89 bits per heavy atom. The maximum absolute atomic E-state index is 11.1. The van der Waals surface area contributed by atoms with Crippen LogP contribution in [0.4, 0.5) is 5.13 Å². The van der Waals surface area contributed by atoms with Gasteiger partial charge in [0.15, 0.2) is 5.01 Å². The highest BCUT2D eigenvalue weighted by Crippen LogP contribution is 2.34. The van der Waals surface area contributed by atoms with E-state index < -0.39 is 5.60 Å². The second-order valence-corrected chi connectivity index (χ2v) is 8.76. The highest BCUT2D eigenvalue weighted by molar-refractivity contribution is 7.18. The Hall–Kier alpha value is -1.99. The molecule has 1 fully saturated rings. The first-order chi connectivity index (χ1) is 13.5. The van der Waals surface area contributed by atoms with Gasteiger partial charge in [0.25, 0.3) is 0 Å². The lowest BCUT2D eigenvalue weighted by atomic mass is 10.0. The van der Waals surface area contributed by atoms with Crippen molar-refractivity contribution in [1.82, 2.24) is 15.1 Å². The zero-order chi connectivity index (χ0) is 19.6. The molecule has 0 saturated carbocycles. The van der Waals surface area contributed by atoms with Crippen molar-refractivity contribution in [2.24, 2.45) is 0 Å². The van der Waals surface area contributed by atoms with E-state index in [1.807, 2.05) is 42.3 Å². The van der Waals surface area contributed by atoms with E-state index in [-0.39, 0.29) is 0 Å². The van der Waals surface area contributed by atoms with Crippen molar-refractivity contribution in [2.45, 2.75) is 18.6 Å². The number of β-amino-alcohol motifs (C(OH)–C–C–N with tert-alkyl or cyclic N) is 1. The van der Waals surface area contributed by atoms with Crippen LogP contribution in [-0.4, -0.2) is 52.5 Å². The Morgan fingerprint density at radius 1 is 1.14 bits per heavy atom. The van der Waals surface area contributed by atoms with Crippen LogP contribution in [0, 0.1) is 0 Å². The van der Waals surface area contributed by atoms with E-state index in [4.69, 9.17) is 11.6 Å². The molecule has 146 valence electrons. The van der Waals surface area contributed by atoms with Crippen molar-refractivity contribution >= 4 is 28.1 Å². The second-order valence-electron chi connectivity index (χ2n) is 7.40. The van der Waals surface area contributed by atoms with Gasteiger partial charge >= 0.3 is 0 Å². The molecule has 1 atom stereocenters. The third-order valence-electron chi connectivity index (χ3n) is 5.04. The van der Waals surface area contributed by atoms with E-state index in [2.05, 4.69) is 39.4 Å². The van der Waals surface area contributed by atoms with E-state index in [1.165, 1.54) is 16.9 Å². The zero-order valence-electron chi connectivity index (χ0n) is 15.8. The number of aromatic nitrogens is 2. The fourth-order valence-electron chi connectivity index (χ4n) is 3.67. The normalized spacial score (nSPS) is 19.8. The van der Waals surface area contributed by atoms with Gasteiger partial charge in [0, 0.05) is 38.8 Å². The number of likely N-dealkylation sites (N-methyl/N-ethyl adjacent to an activating group) is 1. The van der Waals surface area contributed by atoms with Crippen LogP contribution in [0.1, 0.15) is 12.0 Å². The number of nitrogens with zero attached hydrogens (tertiary/aromatic N) is 4. The SMILES string of the molecule is CN(CC1(O)CCN(Cc2ccccc2)C1)c1nnc(-c2ccccc2Cl)s1. The molecule has 7 heteroatoms. The maximum atomic E-state index is 11.1. The molecule has 4 rings (SSSR count). The van der Waals surface area contributed by atoms with E-state index in [9.17, 15) is 5.11 Å². The number of hydrogen-bond acceptors (Lipinski definition) is 6. The summed E-state index contributed by atoms with van der Waals surface area (Å²) in [7, 11) is 1.95. The smallest absolute Gasteiger partial charge is 0.208 e. The Bertz CT molecular complexity index is 935. The van der Waals surface area contributed by atoms with Gasteiger partial charge in [0.05, 0.1) is 10.6 Å². The molecule has 0 radical (unpaired) electrons. The average Bonchev–Trinajstić information content (AvgIpc) is 3.30. The molecule has 1 unspecified atom stereocenters. The largest absolute Gasteiger partial charge is 0.387 e. The standard InChI is InChI=1S/C21H23ClN4OS/c1-25(20-24-23-19(28-20)17-9-5-6-10-18(17)22)14-21(27)11-12-26(15-21)13-16-7-3-2-4-8-16/h2-10,27H,11-15H2,1H3. The Balaban J connectivity index is 1.40. The van der Waals surface area contributed by atoms with E-state index in [0.29, 0.717) is 18.1 Å². The molecular weight excluding hydrogens is 392 g/mol. The molecule has 1 N–H and O–H groups in total. The average molecular weight is 415 g/mol. The van der Waals surface area contributed by atoms with Crippen LogP contribution in [0.15, 0.2) is 54.6 Å². The maximum Gasteiger partial charge on any atom is 0.208 e. The first-order valence-electron chi connectivity index (χ1n) is 9.31. The van der Waals surface area contributed by atoms with Crippen LogP contribution in [0.25, 0.3) is 10.6 Å². The minimum Gasteiger partial charge on any atom is -0.387 e. The number of aliphatic hydroxyl groups is 1. The number of halogens is 1. The van der Waals surface area contributed by atoms with Gasteiger partial charge in [-0.1, -0.05) is 71.5 Å². The van der Waals surface area contributed by atoms with Crippen molar-refractivity contribution in [1.29, 1.82) is 0 Å². The summed E-state index contributed by atoms with van der Waals surface area (Å²) in [6, 6.07) is 18.0. The van der Waals surface area contributed by atoms with Crippen LogP contribution in [-0.2, 0) is 6.54 Å². The number of likely N-dealkylation sites (tertiary alicyclic amines) is 1. The Kier molecular flexibility index (Phi) is 5.64. The first-order valence-corrected chi connectivity index (χ1v) is 10.5. The molecule has 0 aliphatic carbocycles. The molecule has 1 aliphatic heterocycles. The van der Waals surface area contributed by atoms with Gasteiger partial charge in [-0.15, -0.1) is 10.2 Å². The predicted octanol–water partition coefficient (Wildman–Crippen LogP) is 3.93. The van der Waals surface area contributed by atoms with Crippen LogP contribution >= 0.6 is 22.9 Å². The van der Waals surface area contributed by atoms with Gasteiger partial charge in [0.1, 0.15) is 0 Å². The summed E-state index contributed by atoms with van der Waals surface area (Å²) in [4.78, 5) is 4.29. The molecule has 1 aliphatic rings. The predicted molar refractivity (Wildman–Crippen MR) is 115 cm³/mol. The van der Waals surface area contributed by atoms with Gasteiger partial charge < -0.3 is 10.0 Å². The minimum absolute atomic E-state index is 0.523. The summed E-state index contributed by atoms with van der Waals surface area (Å²) in [5.74, 6) is 0. The molecule has 28 heavy (non-hydrogen) atoms. The van der Waals surface area contributed by atoms with Crippen LogP contribution < -0.4 is 4.90 Å². The summed E-state index contributed by atoms with van der Waals surface area (Å²) in [5, 5.41) is 21.9. The molecule has 2 heterocycles. The topological polar surface area (TPSA) is 52.5 Å². The highest BCUT2D eigenvalue weighted by atomic mass is 35.5. The lowest BCUT2D eigenvalue weighted by molar-refractivity contribution is 0.0562. The molecule has 0 bridgehead atoms. The molecule has 5 nitrogen and oxygen atoms in total. The highest BCUT2D eigenvalue weighted by Gasteiger charge is 2.37. The molecule has 1 aromatic heterocycles. The summed E-state index contributed by atoms with van der Waals surface area (Å²) < 4.78 is 0. The van der Waals surface area contributed by atoms with Crippen LogP contribution in [0.5, 0.6) is 0 Å². The van der Waals surface area contributed by atoms with Crippen molar-refractivity contribution in [3.63, 3.8) is 0 Å². The summed E-state index contributed by atoms with van der Waals surface area (Å²) in [5.41, 5.74) is 1.41. The molecule has 1 saturated heterocycles. The van der Waals surface area contributed by atoms with Crippen molar-refractivity contribution in [2.75, 3.05) is 31.6 Å². The van der Waals surface area contributed by atoms with E-state index in [1.54, 1.807) is 0 Å². The van der Waals surface area contributed by atoms with Crippen LogP contribution in [0.3, 0.4) is 0 Å². The molecule has 0 amide bonds. The zero-order valence-corrected chi connectivity index (χ0v) is 17.3. The lowest BCUT2D eigenvalue weighted by Gasteiger charge is -2.28. The molecular formula is C21H23ClN4OS. The van der Waals surface area contributed by atoms with Crippen molar-refractivity contribution < 1.29 is 5.11 Å². The Morgan fingerprint density at radius 3 is 2.68 bits per heavy atom. The minimum atomic E-state index is -0.750. The van der Waals surface area contributed by atoms with Gasteiger partial charge in [-0.05, 0) is 18.1 Å². The fourth-order valence-corrected chi connectivity index (χ4v) is 4.79. The molecule has 3 aromatic rings. The van der Waals surface area contributed by atoms with Gasteiger partial charge in [-0.3, -0.25) is 4.90 Å². The lowest BCUT2D eigenvalue weighted by Crippen LogP contribution is -2.43. The summed E-state index contributed by atoms with van der Waals surface area (Å²) in [6.45, 7) is 2.93.